The predicted molar refractivity (Wildman–Crippen MR) is 76.7 cm³/mol. The van der Waals surface area contributed by atoms with Crippen molar-refractivity contribution in [1.29, 1.82) is 0 Å². The van der Waals surface area contributed by atoms with Gasteiger partial charge in [-0.3, -0.25) is 4.79 Å². The minimum Gasteiger partial charge on any atom is -0.481 e. The lowest BCUT2D eigenvalue weighted by atomic mass is 10.00. The third-order valence-electron chi connectivity index (χ3n) is 3.48. The summed E-state index contributed by atoms with van der Waals surface area (Å²) < 4.78 is 0. The van der Waals surface area contributed by atoms with Gasteiger partial charge in [0.15, 0.2) is 0 Å². The number of aliphatic carboxylic acids is 1. The Morgan fingerprint density at radius 1 is 1.37 bits per heavy atom. The fourth-order valence-corrected chi connectivity index (χ4v) is 2.72. The summed E-state index contributed by atoms with van der Waals surface area (Å²) in [6.07, 6.45) is 3.49. The van der Waals surface area contributed by atoms with Crippen LogP contribution in [-0.2, 0) is 4.79 Å². The van der Waals surface area contributed by atoms with Crippen LogP contribution in [0.25, 0.3) is 0 Å². The molecule has 1 saturated heterocycles. The number of rotatable bonds is 4. The van der Waals surface area contributed by atoms with E-state index in [9.17, 15) is 4.79 Å². The van der Waals surface area contributed by atoms with Crippen LogP contribution in [0.2, 0.25) is 5.02 Å². The Bertz CT molecular complexity index is 459. The van der Waals surface area contributed by atoms with Crippen molar-refractivity contribution < 1.29 is 9.90 Å². The molecule has 19 heavy (non-hydrogen) atoms. The van der Waals surface area contributed by atoms with E-state index in [-0.39, 0.29) is 6.42 Å². The number of anilines is 1. The summed E-state index contributed by atoms with van der Waals surface area (Å²) >= 11 is 6.01. The Hall–Kier alpha value is -1.26. The maximum atomic E-state index is 10.8. The number of nitrogens with two attached hydrogens (primary N) is 1. The van der Waals surface area contributed by atoms with Gasteiger partial charge >= 0.3 is 5.97 Å². The second kappa shape index (κ2) is 6.26. The largest absolute Gasteiger partial charge is 0.481 e. The average Bonchev–Trinajstić information content (AvgIpc) is 2.39. The highest BCUT2D eigenvalue weighted by atomic mass is 35.5. The maximum Gasteiger partial charge on any atom is 0.305 e. The van der Waals surface area contributed by atoms with Gasteiger partial charge in [0.25, 0.3) is 0 Å². The van der Waals surface area contributed by atoms with E-state index < -0.39 is 12.0 Å². The van der Waals surface area contributed by atoms with Crippen molar-refractivity contribution in [3.8, 4) is 0 Å². The van der Waals surface area contributed by atoms with E-state index in [2.05, 4.69) is 4.90 Å². The molecule has 0 spiro atoms. The van der Waals surface area contributed by atoms with Crippen LogP contribution in [0.5, 0.6) is 0 Å². The van der Waals surface area contributed by atoms with Crippen molar-refractivity contribution in [3.63, 3.8) is 0 Å². The fraction of sp³-hybridized carbons (Fsp3) is 0.500. The molecule has 1 heterocycles. The van der Waals surface area contributed by atoms with Gasteiger partial charge in [-0.1, -0.05) is 11.6 Å². The summed E-state index contributed by atoms with van der Waals surface area (Å²) in [5.74, 6) is -0.892. The summed E-state index contributed by atoms with van der Waals surface area (Å²) in [5.41, 5.74) is 7.86. The normalized spacial score (nSPS) is 17.3. The number of hydrogen-bond acceptors (Lipinski definition) is 3. The van der Waals surface area contributed by atoms with E-state index in [1.807, 2.05) is 12.1 Å². The summed E-state index contributed by atoms with van der Waals surface area (Å²) in [6.45, 7) is 1.99. The minimum atomic E-state index is -0.892. The first kappa shape index (κ1) is 14.2. The Morgan fingerprint density at radius 2 is 2.05 bits per heavy atom. The van der Waals surface area contributed by atoms with Crippen LogP contribution in [0.4, 0.5) is 5.69 Å². The number of nitrogens with zero attached hydrogens (tertiary/aromatic N) is 1. The molecule has 0 saturated carbocycles. The van der Waals surface area contributed by atoms with Crippen LogP contribution in [0.1, 0.15) is 37.3 Å². The van der Waals surface area contributed by atoms with Gasteiger partial charge in [-0.15, -0.1) is 0 Å². The molecule has 1 atom stereocenters. The molecule has 3 N–H and O–H groups in total. The number of hydrogen-bond donors (Lipinski definition) is 2. The Kier molecular flexibility index (Phi) is 4.66. The first-order chi connectivity index (χ1) is 9.08. The molecule has 0 bridgehead atoms. The van der Waals surface area contributed by atoms with Gasteiger partial charge in [-0.05, 0) is 43.0 Å². The molecule has 0 aliphatic carbocycles. The van der Waals surface area contributed by atoms with Crippen LogP contribution in [-0.4, -0.2) is 24.2 Å². The van der Waals surface area contributed by atoms with Gasteiger partial charge in [0.05, 0.1) is 6.42 Å². The Labute approximate surface area is 118 Å². The Morgan fingerprint density at radius 3 is 2.68 bits per heavy atom. The van der Waals surface area contributed by atoms with Gasteiger partial charge in [0, 0.05) is 29.8 Å². The molecule has 2 rings (SSSR count). The van der Waals surface area contributed by atoms with Crippen LogP contribution >= 0.6 is 11.6 Å². The molecular formula is C14H19ClN2O2. The molecular weight excluding hydrogens is 264 g/mol. The zero-order valence-electron chi connectivity index (χ0n) is 10.8. The molecule has 4 nitrogen and oxygen atoms in total. The van der Waals surface area contributed by atoms with E-state index in [1.54, 1.807) is 6.07 Å². The molecule has 1 unspecified atom stereocenters. The molecule has 104 valence electrons. The predicted octanol–water partition coefficient (Wildman–Crippen LogP) is 2.80. The molecule has 1 aliphatic rings. The lowest BCUT2D eigenvalue weighted by Crippen LogP contribution is -2.31. The summed E-state index contributed by atoms with van der Waals surface area (Å²) in [5, 5.41) is 9.48. The highest BCUT2D eigenvalue weighted by molar-refractivity contribution is 6.30. The summed E-state index contributed by atoms with van der Waals surface area (Å²) in [7, 11) is 0. The second-order valence-electron chi connectivity index (χ2n) is 4.96. The second-order valence-corrected chi connectivity index (χ2v) is 5.39. The molecule has 1 aliphatic heterocycles. The lowest BCUT2D eigenvalue weighted by Gasteiger charge is -2.31. The van der Waals surface area contributed by atoms with Crippen molar-refractivity contribution in [2.75, 3.05) is 18.0 Å². The highest BCUT2D eigenvalue weighted by Gasteiger charge is 2.20. The first-order valence-corrected chi connectivity index (χ1v) is 6.97. The van der Waals surface area contributed by atoms with Crippen molar-refractivity contribution in [1.82, 2.24) is 0 Å². The zero-order chi connectivity index (χ0) is 13.8. The first-order valence-electron chi connectivity index (χ1n) is 6.59. The zero-order valence-corrected chi connectivity index (χ0v) is 11.6. The van der Waals surface area contributed by atoms with Crippen molar-refractivity contribution in [2.45, 2.75) is 31.7 Å². The van der Waals surface area contributed by atoms with Gasteiger partial charge in [0.1, 0.15) is 0 Å². The van der Waals surface area contributed by atoms with Crippen molar-refractivity contribution in [2.24, 2.45) is 5.73 Å². The van der Waals surface area contributed by atoms with Crippen molar-refractivity contribution >= 4 is 23.3 Å². The van der Waals surface area contributed by atoms with Gasteiger partial charge in [0.2, 0.25) is 0 Å². The minimum absolute atomic E-state index is 0.0822. The summed E-state index contributed by atoms with van der Waals surface area (Å²) in [4.78, 5) is 13.1. The fourth-order valence-electron chi connectivity index (χ4n) is 2.54. The lowest BCUT2D eigenvalue weighted by molar-refractivity contribution is -0.137. The van der Waals surface area contributed by atoms with E-state index in [0.29, 0.717) is 5.02 Å². The standard InChI is InChI=1S/C14H19ClN2O2/c15-10-4-5-13(17-6-2-1-3-7-17)11(8-10)12(16)9-14(18)19/h4-5,8,12H,1-3,6-7,9,16H2,(H,18,19). The Balaban J connectivity index is 2.28. The van der Waals surface area contributed by atoms with Crippen LogP contribution < -0.4 is 10.6 Å². The quantitative estimate of drug-likeness (QED) is 0.891. The molecule has 0 radical (unpaired) electrons. The molecule has 1 aromatic carbocycles. The maximum absolute atomic E-state index is 10.8. The van der Waals surface area contributed by atoms with Crippen molar-refractivity contribution in [3.05, 3.63) is 28.8 Å². The number of carbonyl (C=O) groups is 1. The third kappa shape index (κ3) is 3.61. The average molecular weight is 283 g/mol. The van der Waals surface area contributed by atoms with E-state index >= 15 is 0 Å². The third-order valence-corrected chi connectivity index (χ3v) is 3.72. The van der Waals surface area contributed by atoms with Gasteiger partial charge < -0.3 is 15.7 Å². The van der Waals surface area contributed by atoms with E-state index in [1.165, 1.54) is 6.42 Å². The number of piperidine rings is 1. The molecule has 1 aromatic rings. The number of carboxylic acids is 1. The molecule has 0 amide bonds. The molecule has 1 fully saturated rings. The SMILES string of the molecule is NC(CC(=O)O)c1cc(Cl)ccc1N1CCCCC1. The molecule has 5 heteroatoms. The van der Waals surface area contributed by atoms with E-state index in [4.69, 9.17) is 22.4 Å². The molecule has 0 aromatic heterocycles. The van der Waals surface area contributed by atoms with Crippen LogP contribution in [0, 0.1) is 0 Å². The van der Waals surface area contributed by atoms with Gasteiger partial charge in [-0.25, -0.2) is 0 Å². The monoisotopic (exact) mass is 282 g/mol. The summed E-state index contributed by atoms with van der Waals surface area (Å²) in [6, 6.07) is 5.06. The smallest absolute Gasteiger partial charge is 0.305 e. The number of benzene rings is 1. The number of carboxylic acid groups (broad SMARTS) is 1. The topological polar surface area (TPSA) is 66.6 Å². The highest BCUT2D eigenvalue weighted by Crippen LogP contribution is 2.31. The number of halogens is 1. The van der Waals surface area contributed by atoms with Crippen LogP contribution in [0.3, 0.4) is 0 Å². The van der Waals surface area contributed by atoms with Crippen LogP contribution in [0.15, 0.2) is 18.2 Å². The van der Waals surface area contributed by atoms with E-state index in [0.717, 1.165) is 37.2 Å². The van der Waals surface area contributed by atoms with Gasteiger partial charge in [-0.2, -0.15) is 0 Å².